The van der Waals surface area contributed by atoms with Gasteiger partial charge in [-0.1, -0.05) is 23.2 Å². The van der Waals surface area contributed by atoms with Crippen LogP contribution in [0, 0.1) is 6.92 Å². The van der Waals surface area contributed by atoms with E-state index in [4.69, 9.17) is 22.1 Å². The summed E-state index contributed by atoms with van der Waals surface area (Å²) in [7, 11) is 1.60. The molecule has 0 radical (unpaired) electrons. The molecule has 1 aromatic carbocycles. The maximum atomic E-state index is 6.10. The van der Waals surface area contributed by atoms with Crippen LogP contribution in [-0.2, 0) is 0 Å². The lowest BCUT2D eigenvalue weighted by Crippen LogP contribution is -1.97. The fourth-order valence-corrected chi connectivity index (χ4v) is 1.78. The Morgan fingerprint density at radius 2 is 2.06 bits per heavy atom. The van der Waals surface area contributed by atoms with Gasteiger partial charge in [-0.25, -0.2) is 9.97 Å². The molecule has 0 saturated heterocycles. The summed E-state index contributed by atoms with van der Waals surface area (Å²) in [6.45, 7) is 1.99. The van der Waals surface area contributed by atoms with Gasteiger partial charge in [0, 0.05) is 5.56 Å². The third-order valence-electron chi connectivity index (χ3n) is 2.43. The fourth-order valence-electron chi connectivity index (χ4n) is 1.58. The molecule has 0 amide bonds. The molecule has 0 fully saturated rings. The normalized spacial score (nSPS) is 10.3. The van der Waals surface area contributed by atoms with Crippen molar-refractivity contribution < 1.29 is 4.74 Å². The van der Waals surface area contributed by atoms with Crippen molar-refractivity contribution in [3.63, 3.8) is 0 Å². The molecular formula is C12H12ClN3O. The van der Waals surface area contributed by atoms with Gasteiger partial charge in [0.25, 0.3) is 0 Å². The minimum Gasteiger partial charge on any atom is -0.496 e. The highest BCUT2D eigenvalue weighted by Gasteiger charge is 2.13. The highest BCUT2D eigenvalue weighted by Crippen LogP contribution is 2.35. The summed E-state index contributed by atoms with van der Waals surface area (Å²) in [5, 5.41) is 0.344. The fraction of sp³-hybridized carbons (Fsp3) is 0.167. The van der Waals surface area contributed by atoms with Crippen molar-refractivity contribution in [2.75, 3.05) is 12.8 Å². The van der Waals surface area contributed by atoms with E-state index in [1.165, 1.54) is 6.33 Å². The molecule has 0 unspecified atom stereocenters. The molecule has 0 atom stereocenters. The maximum absolute atomic E-state index is 6.10. The number of rotatable bonds is 2. The SMILES string of the molecule is COc1ccc(C)cc1-c1ncnc(N)c1Cl. The predicted octanol–water partition coefficient (Wildman–Crippen LogP) is 2.70. The molecule has 2 aromatic rings. The highest BCUT2D eigenvalue weighted by molar-refractivity contribution is 6.35. The first-order valence-corrected chi connectivity index (χ1v) is 5.42. The van der Waals surface area contributed by atoms with Gasteiger partial charge in [-0.3, -0.25) is 0 Å². The van der Waals surface area contributed by atoms with Crippen molar-refractivity contribution in [1.29, 1.82) is 0 Å². The van der Waals surface area contributed by atoms with Gasteiger partial charge in [0.05, 0.1) is 12.8 Å². The van der Waals surface area contributed by atoms with Crippen LogP contribution >= 0.6 is 11.6 Å². The Hall–Kier alpha value is -1.81. The summed E-state index contributed by atoms with van der Waals surface area (Å²) in [6.07, 6.45) is 1.39. The first-order chi connectivity index (χ1) is 8.13. The molecular weight excluding hydrogens is 238 g/mol. The molecule has 1 aromatic heterocycles. The maximum Gasteiger partial charge on any atom is 0.146 e. The topological polar surface area (TPSA) is 61.0 Å². The van der Waals surface area contributed by atoms with Gasteiger partial charge in [0.15, 0.2) is 0 Å². The Morgan fingerprint density at radius 3 is 2.76 bits per heavy atom. The van der Waals surface area contributed by atoms with E-state index in [0.29, 0.717) is 16.5 Å². The number of hydrogen-bond acceptors (Lipinski definition) is 4. The van der Waals surface area contributed by atoms with Crippen LogP contribution in [0.4, 0.5) is 5.82 Å². The van der Waals surface area contributed by atoms with E-state index >= 15 is 0 Å². The number of anilines is 1. The predicted molar refractivity (Wildman–Crippen MR) is 68.2 cm³/mol. The minimum atomic E-state index is 0.264. The molecule has 0 saturated carbocycles. The molecule has 17 heavy (non-hydrogen) atoms. The molecule has 4 nitrogen and oxygen atoms in total. The van der Waals surface area contributed by atoms with E-state index in [9.17, 15) is 0 Å². The molecule has 5 heteroatoms. The van der Waals surface area contributed by atoms with Crippen LogP contribution in [0.15, 0.2) is 24.5 Å². The monoisotopic (exact) mass is 249 g/mol. The minimum absolute atomic E-state index is 0.264. The summed E-state index contributed by atoms with van der Waals surface area (Å²) in [4.78, 5) is 7.99. The quantitative estimate of drug-likeness (QED) is 0.889. The second-order valence-corrected chi connectivity index (χ2v) is 4.00. The van der Waals surface area contributed by atoms with E-state index in [1.807, 2.05) is 25.1 Å². The van der Waals surface area contributed by atoms with Gasteiger partial charge in [0.2, 0.25) is 0 Å². The van der Waals surface area contributed by atoms with Crippen LogP contribution in [0.5, 0.6) is 5.75 Å². The first-order valence-electron chi connectivity index (χ1n) is 5.04. The number of aromatic nitrogens is 2. The third-order valence-corrected chi connectivity index (χ3v) is 2.80. The number of halogens is 1. The number of aryl methyl sites for hydroxylation is 1. The van der Waals surface area contributed by atoms with E-state index < -0.39 is 0 Å². The van der Waals surface area contributed by atoms with Crippen LogP contribution < -0.4 is 10.5 Å². The zero-order chi connectivity index (χ0) is 12.4. The summed E-state index contributed by atoms with van der Waals surface area (Å²) in [5.41, 5.74) is 8.15. The van der Waals surface area contributed by atoms with Crippen molar-refractivity contribution in [2.24, 2.45) is 0 Å². The van der Waals surface area contributed by atoms with Gasteiger partial charge in [-0.2, -0.15) is 0 Å². The van der Waals surface area contributed by atoms with Gasteiger partial charge in [0.1, 0.15) is 22.9 Å². The van der Waals surface area contributed by atoms with Crippen LogP contribution in [0.1, 0.15) is 5.56 Å². The standard InChI is InChI=1S/C12H12ClN3O/c1-7-3-4-9(17-2)8(5-7)11-10(13)12(14)16-6-15-11/h3-6H,1-2H3,(H2,14,15,16). The van der Waals surface area contributed by atoms with Crippen LogP contribution in [0.3, 0.4) is 0 Å². The summed E-state index contributed by atoms with van der Waals surface area (Å²) >= 11 is 6.10. The average molecular weight is 250 g/mol. The number of nitrogen functional groups attached to an aromatic ring is 1. The van der Waals surface area contributed by atoms with E-state index in [0.717, 1.165) is 11.1 Å². The number of nitrogens with two attached hydrogens (primary N) is 1. The lowest BCUT2D eigenvalue weighted by Gasteiger charge is -2.10. The van der Waals surface area contributed by atoms with E-state index in [-0.39, 0.29) is 5.82 Å². The van der Waals surface area contributed by atoms with Crippen molar-refractivity contribution in [3.05, 3.63) is 35.1 Å². The Kier molecular flexibility index (Phi) is 3.15. The van der Waals surface area contributed by atoms with Crippen molar-refractivity contribution in [2.45, 2.75) is 6.92 Å². The number of ether oxygens (including phenoxy) is 1. The molecule has 0 aliphatic rings. The van der Waals surface area contributed by atoms with Crippen molar-refractivity contribution in [1.82, 2.24) is 9.97 Å². The van der Waals surface area contributed by atoms with Crippen LogP contribution in [-0.4, -0.2) is 17.1 Å². The van der Waals surface area contributed by atoms with Gasteiger partial charge in [-0.05, 0) is 19.1 Å². The number of methoxy groups -OCH3 is 1. The second kappa shape index (κ2) is 4.59. The molecule has 0 aliphatic carbocycles. The highest BCUT2D eigenvalue weighted by atomic mass is 35.5. The Labute approximate surface area is 104 Å². The zero-order valence-corrected chi connectivity index (χ0v) is 10.3. The molecule has 0 spiro atoms. The average Bonchev–Trinajstić information content (AvgIpc) is 2.33. The van der Waals surface area contributed by atoms with Gasteiger partial charge >= 0.3 is 0 Å². The summed E-state index contributed by atoms with van der Waals surface area (Å²) in [6, 6.07) is 5.78. The Bertz CT molecular complexity index is 557. The van der Waals surface area contributed by atoms with E-state index in [1.54, 1.807) is 7.11 Å². The van der Waals surface area contributed by atoms with E-state index in [2.05, 4.69) is 9.97 Å². The molecule has 2 N–H and O–H groups in total. The lowest BCUT2D eigenvalue weighted by atomic mass is 10.1. The van der Waals surface area contributed by atoms with Gasteiger partial charge < -0.3 is 10.5 Å². The lowest BCUT2D eigenvalue weighted by molar-refractivity contribution is 0.416. The summed E-state index contributed by atoms with van der Waals surface area (Å²) in [5.74, 6) is 0.968. The summed E-state index contributed by atoms with van der Waals surface area (Å²) < 4.78 is 5.29. The first kappa shape index (κ1) is 11.7. The molecule has 2 rings (SSSR count). The number of benzene rings is 1. The second-order valence-electron chi connectivity index (χ2n) is 3.63. The molecule has 88 valence electrons. The molecule has 1 heterocycles. The largest absolute Gasteiger partial charge is 0.496 e. The Morgan fingerprint density at radius 1 is 1.29 bits per heavy atom. The number of hydrogen-bond donors (Lipinski definition) is 1. The van der Waals surface area contributed by atoms with Gasteiger partial charge in [-0.15, -0.1) is 0 Å². The zero-order valence-electron chi connectivity index (χ0n) is 9.57. The van der Waals surface area contributed by atoms with Crippen LogP contribution in [0.2, 0.25) is 5.02 Å². The third kappa shape index (κ3) is 2.17. The molecule has 0 aliphatic heterocycles. The van der Waals surface area contributed by atoms with Crippen LogP contribution in [0.25, 0.3) is 11.3 Å². The van der Waals surface area contributed by atoms with Crippen molar-refractivity contribution >= 4 is 17.4 Å². The Balaban J connectivity index is 2.67. The van der Waals surface area contributed by atoms with Crippen molar-refractivity contribution in [3.8, 4) is 17.0 Å². The number of nitrogens with zero attached hydrogens (tertiary/aromatic N) is 2. The smallest absolute Gasteiger partial charge is 0.146 e. The molecule has 0 bridgehead atoms.